The molecule has 0 atom stereocenters. The van der Waals surface area contributed by atoms with E-state index in [1.165, 1.54) is 0 Å². The van der Waals surface area contributed by atoms with Crippen LogP contribution in [0.2, 0.25) is 0 Å². The van der Waals surface area contributed by atoms with Crippen molar-refractivity contribution >= 4 is 16.7 Å². The zero-order valence-electron chi connectivity index (χ0n) is 12.3. The fourth-order valence-corrected chi connectivity index (χ4v) is 2.47. The van der Waals surface area contributed by atoms with E-state index < -0.39 is 0 Å². The number of aryl methyl sites for hydroxylation is 1. The van der Waals surface area contributed by atoms with Gasteiger partial charge in [-0.15, -0.1) is 0 Å². The summed E-state index contributed by atoms with van der Waals surface area (Å²) in [5, 5.41) is 9.20. The van der Waals surface area contributed by atoms with Gasteiger partial charge in [-0.05, 0) is 36.4 Å². The number of benzene rings is 2. The van der Waals surface area contributed by atoms with Gasteiger partial charge in [-0.3, -0.25) is 0 Å². The number of imidazole rings is 1. The van der Waals surface area contributed by atoms with Crippen LogP contribution in [0.4, 0.5) is 5.69 Å². The highest BCUT2D eigenvalue weighted by Crippen LogP contribution is 2.26. The van der Waals surface area contributed by atoms with Crippen molar-refractivity contribution in [3.63, 3.8) is 0 Å². The van der Waals surface area contributed by atoms with E-state index in [0.29, 0.717) is 5.56 Å². The average molecular weight is 276 g/mol. The molecule has 0 aliphatic carbocycles. The molecule has 3 aromatic rings. The molecule has 0 spiro atoms. The average Bonchev–Trinajstić information content (AvgIpc) is 2.85. The summed E-state index contributed by atoms with van der Waals surface area (Å²) >= 11 is 0. The maximum absolute atomic E-state index is 9.20. The second-order valence-corrected chi connectivity index (χ2v) is 5.22. The van der Waals surface area contributed by atoms with E-state index in [-0.39, 0.29) is 0 Å². The van der Waals surface area contributed by atoms with Gasteiger partial charge >= 0.3 is 0 Å². The van der Waals surface area contributed by atoms with Gasteiger partial charge in [0.2, 0.25) is 0 Å². The Kier molecular flexibility index (Phi) is 3.11. The van der Waals surface area contributed by atoms with E-state index in [1.807, 2.05) is 37.8 Å². The number of hydrogen-bond donors (Lipinski definition) is 0. The van der Waals surface area contributed by atoms with Crippen LogP contribution in [-0.4, -0.2) is 23.6 Å². The quantitative estimate of drug-likeness (QED) is 0.722. The second-order valence-electron chi connectivity index (χ2n) is 5.22. The van der Waals surface area contributed by atoms with Crippen molar-refractivity contribution in [3.05, 3.63) is 48.0 Å². The Morgan fingerprint density at radius 2 is 1.81 bits per heavy atom. The Balaban J connectivity index is 2.17. The number of hydrogen-bond acceptors (Lipinski definition) is 3. The molecule has 2 aromatic carbocycles. The predicted octanol–water partition coefficient (Wildman–Crippen LogP) is 3.18. The molecule has 1 aromatic heterocycles. The van der Waals surface area contributed by atoms with E-state index in [0.717, 1.165) is 28.1 Å². The minimum absolute atomic E-state index is 0.610. The molecule has 1 heterocycles. The minimum Gasteiger partial charge on any atom is -0.378 e. The molecular weight excluding hydrogens is 260 g/mol. The molecule has 104 valence electrons. The Bertz CT molecular complexity index is 836. The summed E-state index contributed by atoms with van der Waals surface area (Å²) in [6.45, 7) is 0. The largest absolute Gasteiger partial charge is 0.378 e. The predicted molar refractivity (Wildman–Crippen MR) is 85.2 cm³/mol. The SMILES string of the molecule is CN(C)c1ccc(-c2nc3c(C#N)cccc3n2C)cc1. The van der Waals surface area contributed by atoms with Gasteiger partial charge in [0.15, 0.2) is 0 Å². The number of aromatic nitrogens is 2. The first-order valence-corrected chi connectivity index (χ1v) is 6.75. The lowest BCUT2D eigenvalue weighted by atomic mass is 10.2. The van der Waals surface area contributed by atoms with Crippen LogP contribution < -0.4 is 4.90 Å². The Morgan fingerprint density at radius 3 is 2.43 bits per heavy atom. The topological polar surface area (TPSA) is 44.9 Å². The molecule has 4 heteroatoms. The van der Waals surface area contributed by atoms with E-state index in [1.54, 1.807) is 6.07 Å². The fraction of sp³-hybridized carbons (Fsp3) is 0.176. The van der Waals surface area contributed by atoms with Gasteiger partial charge in [0.25, 0.3) is 0 Å². The summed E-state index contributed by atoms with van der Waals surface area (Å²) in [7, 11) is 6.01. The highest BCUT2D eigenvalue weighted by molar-refractivity contribution is 5.85. The van der Waals surface area contributed by atoms with Crippen molar-refractivity contribution < 1.29 is 0 Å². The van der Waals surface area contributed by atoms with Crippen LogP contribution in [0.3, 0.4) is 0 Å². The van der Waals surface area contributed by atoms with E-state index >= 15 is 0 Å². The molecule has 0 radical (unpaired) electrons. The smallest absolute Gasteiger partial charge is 0.140 e. The summed E-state index contributed by atoms with van der Waals surface area (Å²) < 4.78 is 2.03. The third-order valence-electron chi connectivity index (χ3n) is 3.67. The lowest BCUT2D eigenvalue weighted by molar-refractivity contribution is 0.959. The second kappa shape index (κ2) is 4.95. The molecule has 0 unspecified atom stereocenters. The molecule has 0 saturated heterocycles. The number of nitriles is 1. The molecule has 0 saturated carbocycles. The van der Waals surface area contributed by atoms with E-state index in [9.17, 15) is 5.26 Å². The van der Waals surface area contributed by atoms with Crippen LogP contribution in [0.15, 0.2) is 42.5 Å². The Morgan fingerprint density at radius 1 is 1.10 bits per heavy atom. The van der Waals surface area contributed by atoms with Gasteiger partial charge in [0.05, 0.1) is 11.1 Å². The number of fused-ring (bicyclic) bond motifs is 1. The number of nitrogens with zero attached hydrogens (tertiary/aromatic N) is 4. The van der Waals surface area contributed by atoms with Crippen molar-refractivity contribution in [3.8, 4) is 17.5 Å². The van der Waals surface area contributed by atoms with Gasteiger partial charge < -0.3 is 9.47 Å². The zero-order valence-corrected chi connectivity index (χ0v) is 12.3. The maximum Gasteiger partial charge on any atom is 0.140 e. The van der Waals surface area contributed by atoms with Crippen LogP contribution in [0.1, 0.15) is 5.56 Å². The molecule has 3 rings (SSSR count). The first-order valence-electron chi connectivity index (χ1n) is 6.75. The summed E-state index contributed by atoms with van der Waals surface area (Å²) in [4.78, 5) is 6.72. The Labute approximate surface area is 123 Å². The standard InChI is InChI=1S/C17H16N4/c1-20(2)14-9-7-12(8-10-14)17-19-16-13(11-18)5-4-6-15(16)21(17)3/h4-10H,1-3H3. The van der Waals surface area contributed by atoms with Gasteiger partial charge in [0.1, 0.15) is 17.4 Å². The summed E-state index contributed by atoms with van der Waals surface area (Å²) in [6.07, 6.45) is 0. The third kappa shape index (κ3) is 2.13. The highest BCUT2D eigenvalue weighted by atomic mass is 15.1. The van der Waals surface area contributed by atoms with Gasteiger partial charge in [0, 0.05) is 32.4 Å². The summed E-state index contributed by atoms with van der Waals surface area (Å²) in [5.41, 5.74) is 4.53. The van der Waals surface area contributed by atoms with E-state index in [2.05, 4.69) is 40.2 Å². The number of para-hydroxylation sites is 1. The van der Waals surface area contributed by atoms with Crippen molar-refractivity contribution in [2.24, 2.45) is 7.05 Å². The molecule has 4 nitrogen and oxygen atoms in total. The summed E-state index contributed by atoms with van der Waals surface area (Å²) in [6, 6.07) is 16.1. The lowest BCUT2D eigenvalue weighted by Gasteiger charge is -2.12. The summed E-state index contributed by atoms with van der Waals surface area (Å²) in [5.74, 6) is 0.873. The monoisotopic (exact) mass is 276 g/mol. The van der Waals surface area contributed by atoms with E-state index in [4.69, 9.17) is 0 Å². The molecule has 0 amide bonds. The van der Waals surface area contributed by atoms with Crippen molar-refractivity contribution in [1.29, 1.82) is 5.26 Å². The van der Waals surface area contributed by atoms with Crippen LogP contribution >= 0.6 is 0 Å². The minimum atomic E-state index is 0.610. The van der Waals surface area contributed by atoms with Crippen LogP contribution in [0.25, 0.3) is 22.4 Å². The van der Waals surface area contributed by atoms with Crippen LogP contribution in [0, 0.1) is 11.3 Å². The van der Waals surface area contributed by atoms with Gasteiger partial charge in [-0.2, -0.15) is 5.26 Å². The third-order valence-corrected chi connectivity index (χ3v) is 3.67. The van der Waals surface area contributed by atoms with Gasteiger partial charge in [-0.25, -0.2) is 4.98 Å². The first-order chi connectivity index (χ1) is 10.1. The first kappa shape index (κ1) is 13.2. The lowest BCUT2D eigenvalue weighted by Crippen LogP contribution is -2.08. The fourth-order valence-electron chi connectivity index (χ4n) is 2.47. The number of anilines is 1. The van der Waals surface area contributed by atoms with Gasteiger partial charge in [-0.1, -0.05) is 6.07 Å². The molecule has 0 aliphatic heterocycles. The molecule has 0 fully saturated rings. The normalized spacial score (nSPS) is 10.6. The van der Waals surface area contributed by atoms with Crippen LogP contribution in [0.5, 0.6) is 0 Å². The number of rotatable bonds is 2. The molecule has 21 heavy (non-hydrogen) atoms. The maximum atomic E-state index is 9.20. The Hall–Kier alpha value is -2.80. The molecule has 0 aliphatic rings. The van der Waals surface area contributed by atoms with Crippen molar-refractivity contribution in [1.82, 2.24) is 9.55 Å². The molecule has 0 bridgehead atoms. The molecule has 0 N–H and O–H groups in total. The van der Waals surface area contributed by atoms with Crippen molar-refractivity contribution in [2.45, 2.75) is 0 Å². The zero-order chi connectivity index (χ0) is 15.0. The highest BCUT2D eigenvalue weighted by Gasteiger charge is 2.12. The van der Waals surface area contributed by atoms with Crippen LogP contribution in [-0.2, 0) is 7.05 Å². The van der Waals surface area contributed by atoms with Crippen molar-refractivity contribution in [2.75, 3.05) is 19.0 Å². The molecular formula is C17H16N4.